The second kappa shape index (κ2) is 7.89. The summed E-state index contributed by atoms with van der Waals surface area (Å²) >= 11 is 0. The molecule has 0 saturated carbocycles. The summed E-state index contributed by atoms with van der Waals surface area (Å²) in [7, 11) is -3.68. The zero-order chi connectivity index (χ0) is 17.6. The lowest BCUT2D eigenvalue weighted by Crippen LogP contribution is -2.22. The summed E-state index contributed by atoms with van der Waals surface area (Å²) in [6.45, 7) is 0.0211. The van der Waals surface area contributed by atoms with Gasteiger partial charge in [-0.1, -0.05) is 6.07 Å². The van der Waals surface area contributed by atoms with Gasteiger partial charge in [-0.2, -0.15) is 0 Å². The van der Waals surface area contributed by atoms with Crippen molar-refractivity contribution >= 4 is 9.84 Å². The molecular weight excluding hydrogens is 335 g/mol. The second-order valence-electron chi connectivity index (χ2n) is 4.98. The van der Waals surface area contributed by atoms with Gasteiger partial charge >= 0.3 is 0 Å². The van der Waals surface area contributed by atoms with E-state index in [1.54, 1.807) is 12.1 Å². The second-order valence-corrected chi connectivity index (χ2v) is 6.94. The molecule has 0 fully saturated rings. The number of hydrogen-bond donors (Lipinski definition) is 1. The first-order valence-electron chi connectivity index (χ1n) is 7.05. The molecule has 2 aromatic rings. The Labute approximate surface area is 138 Å². The van der Waals surface area contributed by atoms with Crippen molar-refractivity contribution in [1.82, 2.24) is 4.57 Å². The van der Waals surface area contributed by atoms with Crippen molar-refractivity contribution in [2.45, 2.75) is 10.8 Å². The normalized spacial score (nSPS) is 12.2. The lowest BCUT2D eigenvalue weighted by Gasteiger charge is -2.09. The van der Waals surface area contributed by atoms with Crippen LogP contribution < -0.4 is 16.0 Å². The first-order valence-corrected chi connectivity index (χ1v) is 8.71. The molecule has 1 aromatic carbocycles. The summed E-state index contributed by atoms with van der Waals surface area (Å²) in [4.78, 5) is 11.7. The molecule has 0 aliphatic rings. The van der Waals surface area contributed by atoms with Gasteiger partial charge in [-0.25, -0.2) is 12.8 Å². The van der Waals surface area contributed by atoms with Crippen LogP contribution in [-0.4, -0.2) is 26.1 Å². The first kappa shape index (κ1) is 17.9. The number of benzene rings is 1. The molecule has 0 aliphatic carbocycles. The predicted molar refractivity (Wildman–Crippen MR) is 88.1 cm³/mol. The van der Waals surface area contributed by atoms with Crippen molar-refractivity contribution in [2.75, 3.05) is 13.2 Å². The number of pyridine rings is 1. The lowest BCUT2D eigenvalue weighted by atomic mass is 10.3. The van der Waals surface area contributed by atoms with E-state index in [2.05, 4.69) is 0 Å². The van der Waals surface area contributed by atoms with Crippen molar-refractivity contribution in [3.05, 3.63) is 70.9 Å². The van der Waals surface area contributed by atoms with Crippen molar-refractivity contribution in [3.63, 3.8) is 0 Å². The third-order valence-electron chi connectivity index (χ3n) is 3.23. The highest BCUT2D eigenvalue weighted by Crippen LogP contribution is 2.18. The van der Waals surface area contributed by atoms with E-state index in [-0.39, 0.29) is 23.6 Å². The summed E-state index contributed by atoms with van der Waals surface area (Å²) in [5.74, 6) is -0.0620. The molecular formula is C16H17FN2O4S. The van der Waals surface area contributed by atoms with E-state index in [1.165, 1.54) is 36.5 Å². The predicted octanol–water partition coefficient (Wildman–Crippen LogP) is 1.47. The highest BCUT2D eigenvalue weighted by molar-refractivity contribution is 7.90. The molecule has 0 bridgehead atoms. The Bertz CT molecular complexity index is 873. The summed E-state index contributed by atoms with van der Waals surface area (Å²) in [6.07, 6.45) is 1.80. The van der Waals surface area contributed by atoms with E-state index < -0.39 is 21.3 Å². The van der Waals surface area contributed by atoms with Crippen molar-refractivity contribution in [3.8, 4) is 5.75 Å². The molecule has 8 heteroatoms. The minimum absolute atomic E-state index is 0.0154. The van der Waals surface area contributed by atoms with Crippen LogP contribution in [0.15, 0.2) is 70.3 Å². The molecule has 0 atom stereocenters. The number of halogens is 1. The Hall–Kier alpha value is -2.45. The highest BCUT2D eigenvalue weighted by atomic mass is 32.2. The fourth-order valence-electron chi connectivity index (χ4n) is 1.88. The van der Waals surface area contributed by atoms with E-state index >= 15 is 0 Å². The fourth-order valence-corrected chi connectivity index (χ4v) is 3.16. The molecule has 0 radical (unpaired) electrons. The SMILES string of the molecule is NCC(=CF)COc1ccc(S(=O)(=O)Cn2ccccc2=O)cc1. The van der Waals surface area contributed by atoms with Crippen LogP contribution in [0.4, 0.5) is 4.39 Å². The Morgan fingerprint density at radius 3 is 2.50 bits per heavy atom. The van der Waals surface area contributed by atoms with Crippen LogP contribution in [0.2, 0.25) is 0 Å². The zero-order valence-electron chi connectivity index (χ0n) is 12.8. The zero-order valence-corrected chi connectivity index (χ0v) is 13.6. The van der Waals surface area contributed by atoms with Crippen molar-refractivity contribution in [2.24, 2.45) is 5.73 Å². The first-order chi connectivity index (χ1) is 11.5. The van der Waals surface area contributed by atoms with E-state index in [1.807, 2.05) is 0 Å². The van der Waals surface area contributed by atoms with Crippen LogP contribution in [0.25, 0.3) is 0 Å². The summed E-state index contributed by atoms with van der Waals surface area (Å²) < 4.78 is 43.5. The molecule has 2 N–H and O–H groups in total. The van der Waals surface area contributed by atoms with E-state index in [0.717, 1.165) is 4.57 Å². The number of nitrogens with two attached hydrogens (primary N) is 1. The Morgan fingerprint density at radius 1 is 1.21 bits per heavy atom. The average molecular weight is 352 g/mol. The number of sulfone groups is 1. The van der Waals surface area contributed by atoms with Gasteiger partial charge in [0.2, 0.25) is 0 Å². The maximum Gasteiger partial charge on any atom is 0.251 e. The molecule has 0 aliphatic heterocycles. The third-order valence-corrected chi connectivity index (χ3v) is 4.84. The van der Waals surface area contributed by atoms with Gasteiger partial charge < -0.3 is 15.0 Å². The maximum absolute atomic E-state index is 12.4. The van der Waals surface area contributed by atoms with Crippen LogP contribution in [-0.2, 0) is 15.7 Å². The number of nitrogens with zero attached hydrogens (tertiary/aromatic N) is 1. The topological polar surface area (TPSA) is 91.4 Å². The van der Waals surface area contributed by atoms with Gasteiger partial charge in [0.25, 0.3) is 5.56 Å². The number of aromatic nitrogens is 1. The van der Waals surface area contributed by atoms with Crippen LogP contribution in [0.5, 0.6) is 5.75 Å². The molecule has 0 spiro atoms. The molecule has 0 amide bonds. The molecule has 128 valence electrons. The van der Waals surface area contributed by atoms with E-state index in [0.29, 0.717) is 12.1 Å². The fraction of sp³-hybridized carbons (Fsp3) is 0.188. The molecule has 6 nitrogen and oxygen atoms in total. The number of rotatable bonds is 7. The third kappa shape index (κ3) is 4.53. The number of ether oxygens (including phenoxy) is 1. The maximum atomic E-state index is 12.4. The van der Waals surface area contributed by atoms with Gasteiger partial charge in [-0.05, 0) is 30.3 Å². The number of hydrogen-bond acceptors (Lipinski definition) is 5. The van der Waals surface area contributed by atoms with E-state index in [9.17, 15) is 17.6 Å². The smallest absolute Gasteiger partial charge is 0.251 e. The lowest BCUT2D eigenvalue weighted by molar-refractivity contribution is 0.347. The quantitative estimate of drug-likeness (QED) is 0.815. The monoisotopic (exact) mass is 352 g/mol. The van der Waals surface area contributed by atoms with Gasteiger partial charge in [-0.3, -0.25) is 4.79 Å². The molecule has 1 heterocycles. The van der Waals surface area contributed by atoms with E-state index in [4.69, 9.17) is 10.5 Å². The summed E-state index contributed by atoms with van der Waals surface area (Å²) in [6, 6.07) is 10.1. The minimum Gasteiger partial charge on any atom is -0.489 e. The van der Waals surface area contributed by atoms with Gasteiger partial charge in [0.1, 0.15) is 18.2 Å². The average Bonchev–Trinajstić information content (AvgIpc) is 2.58. The summed E-state index contributed by atoms with van der Waals surface area (Å²) in [5.41, 5.74) is 5.21. The van der Waals surface area contributed by atoms with Crippen LogP contribution >= 0.6 is 0 Å². The molecule has 0 unspecified atom stereocenters. The van der Waals surface area contributed by atoms with Crippen LogP contribution in [0.3, 0.4) is 0 Å². The molecule has 24 heavy (non-hydrogen) atoms. The Balaban J connectivity index is 2.12. The van der Waals surface area contributed by atoms with Crippen LogP contribution in [0, 0.1) is 0 Å². The van der Waals surface area contributed by atoms with Gasteiger partial charge in [0, 0.05) is 24.4 Å². The minimum atomic E-state index is -3.68. The van der Waals surface area contributed by atoms with Gasteiger partial charge in [-0.15, -0.1) is 0 Å². The Kier molecular flexibility index (Phi) is 5.88. The van der Waals surface area contributed by atoms with Crippen LogP contribution in [0.1, 0.15) is 0 Å². The van der Waals surface area contributed by atoms with Crippen molar-refractivity contribution < 1.29 is 17.5 Å². The highest BCUT2D eigenvalue weighted by Gasteiger charge is 2.15. The standard InChI is InChI=1S/C16H17FN2O4S/c17-9-13(10-18)11-23-14-4-6-15(7-5-14)24(21,22)12-19-8-2-1-3-16(19)20/h1-9H,10-12,18H2. The van der Waals surface area contributed by atoms with Gasteiger partial charge in [0.05, 0.1) is 11.2 Å². The molecule has 2 rings (SSSR count). The van der Waals surface area contributed by atoms with Crippen molar-refractivity contribution in [1.29, 1.82) is 0 Å². The Morgan fingerprint density at radius 2 is 1.92 bits per heavy atom. The molecule has 1 aromatic heterocycles. The largest absolute Gasteiger partial charge is 0.489 e. The molecule has 0 saturated heterocycles. The van der Waals surface area contributed by atoms with Gasteiger partial charge in [0.15, 0.2) is 9.84 Å². The summed E-state index contributed by atoms with van der Waals surface area (Å²) in [5, 5.41) is 0.